The lowest BCUT2D eigenvalue weighted by Crippen LogP contribution is -2.13. The first-order valence-corrected chi connectivity index (χ1v) is 8.15. The minimum Gasteiger partial charge on any atom is -0.296 e. The number of carbonyl (C=O) groups is 1. The number of thiazole rings is 1. The third-order valence-electron chi connectivity index (χ3n) is 2.97. The second-order valence-electron chi connectivity index (χ2n) is 4.57. The molecule has 0 spiro atoms. The molecule has 0 bridgehead atoms. The number of rotatable bonds is 4. The highest BCUT2D eigenvalue weighted by molar-refractivity contribution is 7.15. The summed E-state index contributed by atoms with van der Waals surface area (Å²) >= 11 is 13.6. The summed E-state index contributed by atoms with van der Waals surface area (Å²) in [6.45, 7) is 0. The average molecular weight is 365 g/mol. The molecule has 0 aliphatic rings. The Morgan fingerprint density at radius 2 is 2.04 bits per heavy atom. The van der Waals surface area contributed by atoms with Gasteiger partial charge in [0.15, 0.2) is 5.13 Å². The van der Waals surface area contributed by atoms with Crippen LogP contribution in [-0.2, 0) is 6.42 Å². The Morgan fingerprint density at radius 3 is 2.83 bits per heavy atom. The number of aromatic nitrogens is 3. The van der Waals surface area contributed by atoms with Crippen LogP contribution in [0.15, 0.2) is 43.0 Å². The number of nitrogens with zero attached hydrogens (tertiary/aromatic N) is 3. The van der Waals surface area contributed by atoms with E-state index in [4.69, 9.17) is 23.2 Å². The predicted molar refractivity (Wildman–Crippen MR) is 91.4 cm³/mol. The monoisotopic (exact) mass is 364 g/mol. The second kappa shape index (κ2) is 7.04. The number of amides is 1. The van der Waals surface area contributed by atoms with Crippen molar-refractivity contribution in [2.24, 2.45) is 0 Å². The van der Waals surface area contributed by atoms with E-state index >= 15 is 0 Å². The molecule has 0 unspecified atom stereocenters. The quantitative estimate of drug-likeness (QED) is 0.756. The Kier molecular flexibility index (Phi) is 4.85. The van der Waals surface area contributed by atoms with Crippen molar-refractivity contribution < 1.29 is 4.79 Å². The molecule has 1 amide bonds. The Labute approximate surface area is 146 Å². The fourth-order valence-electron chi connectivity index (χ4n) is 1.90. The number of nitrogens with one attached hydrogen (secondary N) is 1. The first kappa shape index (κ1) is 15.9. The molecule has 0 atom stereocenters. The van der Waals surface area contributed by atoms with E-state index in [9.17, 15) is 4.79 Å². The summed E-state index contributed by atoms with van der Waals surface area (Å²) in [6, 6.07) is 5.50. The smallest absolute Gasteiger partial charge is 0.277 e. The van der Waals surface area contributed by atoms with Crippen molar-refractivity contribution >= 4 is 45.6 Å². The zero-order chi connectivity index (χ0) is 16.2. The molecule has 2 aromatic heterocycles. The topological polar surface area (TPSA) is 67.8 Å². The van der Waals surface area contributed by atoms with Crippen LogP contribution in [-0.4, -0.2) is 20.9 Å². The number of hydrogen-bond donors (Lipinski definition) is 1. The van der Waals surface area contributed by atoms with Crippen molar-refractivity contribution in [1.82, 2.24) is 15.0 Å². The number of halogens is 2. The normalized spacial score (nSPS) is 10.5. The van der Waals surface area contributed by atoms with Crippen molar-refractivity contribution in [3.63, 3.8) is 0 Å². The van der Waals surface area contributed by atoms with Gasteiger partial charge in [-0.25, -0.2) is 9.97 Å². The molecular weight excluding hydrogens is 355 g/mol. The summed E-state index contributed by atoms with van der Waals surface area (Å²) in [6.07, 6.45) is 6.66. The van der Waals surface area contributed by atoms with E-state index in [2.05, 4.69) is 20.3 Å². The van der Waals surface area contributed by atoms with Gasteiger partial charge in [-0.15, -0.1) is 11.3 Å². The van der Waals surface area contributed by atoms with Gasteiger partial charge in [-0.05, 0) is 11.6 Å². The van der Waals surface area contributed by atoms with Crippen molar-refractivity contribution in [2.75, 3.05) is 5.32 Å². The van der Waals surface area contributed by atoms with Gasteiger partial charge in [0.1, 0.15) is 5.69 Å². The molecule has 0 fully saturated rings. The van der Waals surface area contributed by atoms with Crippen molar-refractivity contribution in [3.05, 3.63) is 69.2 Å². The van der Waals surface area contributed by atoms with Gasteiger partial charge in [-0.1, -0.05) is 35.3 Å². The van der Waals surface area contributed by atoms with E-state index in [1.54, 1.807) is 12.3 Å². The highest BCUT2D eigenvalue weighted by Gasteiger charge is 2.12. The molecule has 0 aliphatic carbocycles. The fourth-order valence-corrected chi connectivity index (χ4v) is 3.11. The molecule has 3 aromatic rings. The molecule has 5 nitrogen and oxygen atoms in total. The lowest BCUT2D eigenvalue weighted by Gasteiger charge is -2.03. The molecule has 116 valence electrons. The van der Waals surface area contributed by atoms with Gasteiger partial charge in [-0.2, -0.15) is 0 Å². The Bertz CT molecular complexity index is 839. The van der Waals surface area contributed by atoms with E-state index < -0.39 is 0 Å². The van der Waals surface area contributed by atoms with Crippen LogP contribution in [0.4, 0.5) is 5.13 Å². The summed E-state index contributed by atoms with van der Waals surface area (Å²) in [4.78, 5) is 24.9. The summed E-state index contributed by atoms with van der Waals surface area (Å²) in [5.41, 5.74) is 1.15. The minimum atomic E-state index is -0.347. The molecule has 0 radical (unpaired) electrons. The van der Waals surface area contributed by atoms with E-state index in [0.29, 0.717) is 21.6 Å². The van der Waals surface area contributed by atoms with Crippen molar-refractivity contribution in [2.45, 2.75) is 6.42 Å². The third kappa shape index (κ3) is 3.85. The van der Waals surface area contributed by atoms with Crippen LogP contribution >= 0.6 is 34.5 Å². The van der Waals surface area contributed by atoms with Crippen LogP contribution in [0.25, 0.3) is 0 Å². The van der Waals surface area contributed by atoms with Gasteiger partial charge in [0.05, 0.1) is 16.2 Å². The first-order valence-electron chi connectivity index (χ1n) is 6.58. The number of carbonyl (C=O) groups excluding carboxylic acids is 1. The molecule has 8 heteroatoms. The van der Waals surface area contributed by atoms with Gasteiger partial charge >= 0.3 is 0 Å². The highest BCUT2D eigenvalue weighted by Crippen LogP contribution is 2.29. The predicted octanol–water partition coefficient (Wildman–Crippen LogP) is 4.08. The molecule has 0 aliphatic heterocycles. The van der Waals surface area contributed by atoms with Crippen LogP contribution in [0, 0.1) is 0 Å². The zero-order valence-corrected chi connectivity index (χ0v) is 14.0. The Balaban J connectivity index is 1.71. The summed E-state index contributed by atoms with van der Waals surface area (Å²) in [5, 5.41) is 4.24. The van der Waals surface area contributed by atoms with Crippen molar-refractivity contribution in [3.8, 4) is 0 Å². The first-order chi connectivity index (χ1) is 11.1. The lowest BCUT2D eigenvalue weighted by molar-refractivity contribution is 0.102. The Hall–Kier alpha value is -2.02. The fraction of sp³-hybridized carbons (Fsp3) is 0.0667. The maximum Gasteiger partial charge on any atom is 0.277 e. The van der Waals surface area contributed by atoms with Gasteiger partial charge in [0.2, 0.25) is 0 Å². The molecule has 1 N–H and O–H groups in total. The van der Waals surface area contributed by atoms with Gasteiger partial charge in [0, 0.05) is 29.9 Å². The second-order valence-corrected chi connectivity index (χ2v) is 6.47. The Morgan fingerprint density at radius 1 is 1.17 bits per heavy atom. The molecule has 0 saturated carbocycles. The van der Waals surface area contributed by atoms with Crippen LogP contribution in [0.3, 0.4) is 0 Å². The van der Waals surface area contributed by atoms with Crippen LogP contribution < -0.4 is 5.32 Å². The summed E-state index contributed by atoms with van der Waals surface area (Å²) in [7, 11) is 0. The van der Waals surface area contributed by atoms with E-state index in [1.165, 1.54) is 29.9 Å². The number of benzene rings is 1. The number of anilines is 1. The SMILES string of the molecule is O=C(Nc1ncc(Cc2cccc(Cl)c2Cl)s1)c1cnccn1. The molecule has 3 rings (SSSR count). The van der Waals surface area contributed by atoms with Gasteiger partial charge < -0.3 is 0 Å². The van der Waals surface area contributed by atoms with Crippen LogP contribution in [0.2, 0.25) is 10.0 Å². The van der Waals surface area contributed by atoms with Gasteiger partial charge in [-0.3, -0.25) is 15.1 Å². The average Bonchev–Trinajstić information content (AvgIpc) is 3.00. The van der Waals surface area contributed by atoms with Crippen LogP contribution in [0.1, 0.15) is 20.9 Å². The third-order valence-corrected chi connectivity index (χ3v) is 4.74. The summed E-state index contributed by atoms with van der Waals surface area (Å²) < 4.78 is 0. The van der Waals surface area contributed by atoms with Crippen LogP contribution in [0.5, 0.6) is 0 Å². The molecule has 0 saturated heterocycles. The molecular formula is C15H10Cl2N4OS. The standard InChI is InChI=1S/C15H10Cl2N4OS/c16-11-3-1-2-9(13(11)17)6-10-7-20-15(23-10)21-14(22)12-8-18-4-5-19-12/h1-5,7-8H,6H2,(H,20,21,22). The molecule has 23 heavy (non-hydrogen) atoms. The molecule has 2 heterocycles. The maximum atomic E-state index is 12.0. The largest absolute Gasteiger partial charge is 0.296 e. The minimum absolute atomic E-state index is 0.238. The zero-order valence-electron chi connectivity index (χ0n) is 11.7. The lowest BCUT2D eigenvalue weighted by atomic mass is 10.1. The van der Waals surface area contributed by atoms with E-state index in [-0.39, 0.29) is 11.6 Å². The summed E-state index contributed by atoms with van der Waals surface area (Å²) in [5.74, 6) is -0.347. The van der Waals surface area contributed by atoms with E-state index in [0.717, 1.165) is 10.4 Å². The van der Waals surface area contributed by atoms with Crippen molar-refractivity contribution in [1.29, 1.82) is 0 Å². The number of hydrogen-bond acceptors (Lipinski definition) is 5. The highest BCUT2D eigenvalue weighted by atomic mass is 35.5. The molecule has 1 aromatic carbocycles. The van der Waals surface area contributed by atoms with E-state index in [1.807, 2.05) is 12.1 Å². The van der Waals surface area contributed by atoms with Gasteiger partial charge in [0.25, 0.3) is 5.91 Å². The maximum absolute atomic E-state index is 12.0.